The lowest BCUT2D eigenvalue weighted by molar-refractivity contribution is 0.0909. The fourth-order valence-corrected chi connectivity index (χ4v) is 3.97. The minimum absolute atomic E-state index is 0.00636. The van der Waals surface area contributed by atoms with E-state index in [2.05, 4.69) is 40.5 Å². The number of ether oxygens (including phenoxy) is 1. The predicted molar refractivity (Wildman–Crippen MR) is 121 cm³/mol. The van der Waals surface area contributed by atoms with Crippen molar-refractivity contribution >= 4 is 5.91 Å². The average Bonchev–Trinajstić information content (AvgIpc) is 2.81. The van der Waals surface area contributed by atoms with Gasteiger partial charge in [0, 0.05) is 31.2 Å². The van der Waals surface area contributed by atoms with E-state index in [1.807, 2.05) is 48.5 Å². The molecule has 4 nitrogen and oxygen atoms in total. The molecule has 4 rings (SSSR count). The molecule has 4 heteroatoms. The number of likely N-dealkylation sites (tertiary alicyclic amines) is 1. The first kappa shape index (κ1) is 20.2. The number of hydrogen-bond acceptors (Lipinski definition) is 3. The molecule has 30 heavy (non-hydrogen) atoms. The van der Waals surface area contributed by atoms with Gasteiger partial charge < -0.3 is 10.1 Å². The van der Waals surface area contributed by atoms with E-state index >= 15 is 0 Å². The average molecular weight is 401 g/mol. The van der Waals surface area contributed by atoms with Gasteiger partial charge in [0.1, 0.15) is 5.75 Å². The number of amides is 1. The standard InChI is InChI=1S/C26H28N2O2/c1-30-25-12-10-21(11-13-25)22-8-5-9-23(18-22)26(29)27-24-14-16-28(17-15-24)19-20-6-3-2-4-7-20/h2-13,18,24H,14-17,19H2,1H3,(H,27,29). The third kappa shape index (κ3) is 5.08. The Morgan fingerprint density at radius 3 is 2.37 bits per heavy atom. The Labute approximate surface area is 178 Å². The summed E-state index contributed by atoms with van der Waals surface area (Å²) in [7, 11) is 1.66. The second kappa shape index (κ2) is 9.59. The van der Waals surface area contributed by atoms with Crippen LogP contribution >= 0.6 is 0 Å². The SMILES string of the molecule is COc1ccc(-c2cccc(C(=O)NC3CCN(Cc4ccccc4)CC3)c2)cc1. The molecule has 0 aliphatic carbocycles. The minimum atomic E-state index is 0.00636. The Kier molecular flexibility index (Phi) is 6.45. The van der Waals surface area contributed by atoms with Crippen LogP contribution in [0.2, 0.25) is 0 Å². The van der Waals surface area contributed by atoms with Gasteiger partial charge in [-0.15, -0.1) is 0 Å². The Balaban J connectivity index is 1.33. The summed E-state index contributed by atoms with van der Waals surface area (Å²) in [6, 6.07) is 26.5. The Bertz CT molecular complexity index is 962. The second-order valence-electron chi connectivity index (χ2n) is 7.82. The number of nitrogens with zero attached hydrogens (tertiary/aromatic N) is 1. The Morgan fingerprint density at radius 1 is 0.933 bits per heavy atom. The van der Waals surface area contributed by atoms with Crippen LogP contribution < -0.4 is 10.1 Å². The van der Waals surface area contributed by atoms with E-state index in [4.69, 9.17) is 4.74 Å². The third-order valence-corrected chi connectivity index (χ3v) is 5.72. The van der Waals surface area contributed by atoms with E-state index in [-0.39, 0.29) is 11.9 Å². The molecule has 0 saturated carbocycles. The van der Waals surface area contributed by atoms with Crippen molar-refractivity contribution in [3.05, 3.63) is 90.0 Å². The van der Waals surface area contributed by atoms with Crippen molar-refractivity contribution in [3.63, 3.8) is 0 Å². The molecule has 0 aromatic heterocycles. The smallest absolute Gasteiger partial charge is 0.251 e. The summed E-state index contributed by atoms with van der Waals surface area (Å²) >= 11 is 0. The van der Waals surface area contributed by atoms with Gasteiger partial charge in [-0.1, -0.05) is 54.6 Å². The highest BCUT2D eigenvalue weighted by molar-refractivity contribution is 5.95. The summed E-state index contributed by atoms with van der Waals surface area (Å²) in [6.07, 6.45) is 1.97. The van der Waals surface area contributed by atoms with Crippen LogP contribution in [0.1, 0.15) is 28.8 Å². The first-order valence-corrected chi connectivity index (χ1v) is 10.5. The lowest BCUT2D eigenvalue weighted by atomic mass is 10.0. The van der Waals surface area contributed by atoms with Gasteiger partial charge >= 0.3 is 0 Å². The molecular weight excluding hydrogens is 372 g/mol. The van der Waals surface area contributed by atoms with Gasteiger partial charge in [0.15, 0.2) is 0 Å². The van der Waals surface area contributed by atoms with Crippen molar-refractivity contribution in [1.29, 1.82) is 0 Å². The molecule has 1 aliphatic heterocycles. The third-order valence-electron chi connectivity index (χ3n) is 5.72. The number of rotatable bonds is 6. The summed E-state index contributed by atoms with van der Waals surface area (Å²) in [5, 5.41) is 3.23. The molecule has 1 heterocycles. The number of methoxy groups -OCH3 is 1. The second-order valence-corrected chi connectivity index (χ2v) is 7.82. The highest BCUT2D eigenvalue weighted by Crippen LogP contribution is 2.23. The molecule has 1 saturated heterocycles. The fraction of sp³-hybridized carbons (Fsp3) is 0.269. The molecule has 1 N–H and O–H groups in total. The van der Waals surface area contributed by atoms with Crippen LogP contribution in [0.25, 0.3) is 11.1 Å². The number of carbonyl (C=O) groups excluding carboxylic acids is 1. The molecular formula is C26H28N2O2. The van der Waals surface area contributed by atoms with Crippen molar-refractivity contribution < 1.29 is 9.53 Å². The molecule has 1 amide bonds. The molecule has 0 unspecified atom stereocenters. The lowest BCUT2D eigenvalue weighted by Crippen LogP contribution is -2.44. The van der Waals surface area contributed by atoms with Gasteiger partial charge in [-0.3, -0.25) is 9.69 Å². The minimum Gasteiger partial charge on any atom is -0.497 e. The number of piperidine rings is 1. The largest absolute Gasteiger partial charge is 0.497 e. The maximum absolute atomic E-state index is 12.8. The number of nitrogens with one attached hydrogen (secondary N) is 1. The van der Waals surface area contributed by atoms with Crippen molar-refractivity contribution in [1.82, 2.24) is 10.2 Å². The zero-order valence-electron chi connectivity index (χ0n) is 17.4. The molecule has 0 bridgehead atoms. The van der Waals surface area contributed by atoms with Gasteiger partial charge in [0.2, 0.25) is 0 Å². The number of benzene rings is 3. The van der Waals surface area contributed by atoms with Crippen LogP contribution in [0, 0.1) is 0 Å². The van der Waals surface area contributed by atoms with E-state index in [9.17, 15) is 4.79 Å². The fourth-order valence-electron chi connectivity index (χ4n) is 3.97. The molecule has 3 aromatic rings. The summed E-state index contributed by atoms with van der Waals surface area (Å²) in [5.41, 5.74) is 4.15. The molecule has 1 aliphatic rings. The van der Waals surface area contributed by atoms with Crippen molar-refractivity contribution in [2.75, 3.05) is 20.2 Å². The van der Waals surface area contributed by atoms with Crippen molar-refractivity contribution in [3.8, 4) is 16.9 Å². The normalized spacial score (nSPS) is 15.0. The van der Waals surface area contributed by atoms with Crippen molar-refractivity contribution in [2.45, 2.75) is 25.4 Å². The van der Waals surface area contributed by atoms with Crippen LogP contribution in [0.3, 0.4) is 0 Å². The highest BCUT2D eigenvalue weighted by atomic mass is 16.5. The van der Waals surface area contributed by atoms with E-state index in [0.29, 0.717) is 5.56 Å². The first-order valence-electron chi connectivity index (χ1n) is 10.5. The van der Waals surface area contributed by atoms with Gasteiger partial charge in [-0.05, 0) is 53.8 Å². The monoisotopic (exact) mass is 400 g/mol. The maximum Gasteiger partial charge on any atom is 0.251 e. The molecule has 0 atom stereocenters. The summed E-state index contributed by atoms with van der Waals surface area (Å²) in [5.74, 6) is 0.832. The van der Waals surface area contributed by atoms with Crippen LogP contribution in [0.15, 0.2) is 78.9 Å². The van der Waals surface area contributed by atoms with Crippen LogP contribution in [0.5, 0.6) is 5.75 Å². The quantitative estimate of drug-likeness (QED) is 0.649. The van der Waals surface area contributed by atoms with E-state index < -0.39 is 0 Å². The van der Waals surface area contributed by atoms with E-state index in [0.717, 1.165) is 49.4 Å². The van der Waals surface area contributed by atoms with Gasteiger partial charge in [0.05, 0.1) is 7.11 Å². The van der Waals surface area contributed by atoms with Crippen molar-refractivity contribution in [2.24, 2.45) is 0 Å². The maximum atomic E-state index is 12.8. The zero-order chi connectivity index (χ0) is 20.8. The first-order chi connectivity index (χ1) is 14.7. The molecule has 0 radical (unpaired) electrons. The van der Waals surface area contributed by atoms with Gasteiger partial charge in [-0.25, -0.2) is 0 Å². The highest BCUT2D eigenvalue weighted by Gasteiger charge is 2.21. The zero-order valence-corrected chi connectivity index (χ0v) is 17.4. The van der Waals surface area contributed by atoms with Crippen LogP contribution in [-0.2, 0) is 6.54 Å². The van der Waals surface area contributed by atoms with Gasteiger partial charge in [0.25, 0.3) is 5.91 Å². The molecule has 1 fully saturated rings. The van der Waals surface area contributed by atoms with Gasteiger partial charge in [-0.2, -0.15) is 0 Å². The lowest BCUT2D eigenvalue weighted by Gasteiger charge is -2.32. The molecule has 154 valence electrons. The predicted octanol–water partition coefficient (Wildman–Crippen LogP) is 4.76. The van der Waals surface area contributed by atoms with E-state index in [1.165, 1.54) is 5.56 Å². The topological polar surface area (TPSA) is 41.6 Å². The summed E-state index contributed by atoms with van der Waals surface area (Å²) < 4.78 is 5.22. The summed E-state index contributed by atoms with van der Waals surface area (Å²) in [4.78, 5) is 15.3. The van der Waals surface area contributed by atoms with E-state index in [1.54, 1.807) is 7.11 Å². The molecule has 0 spiro atoms. The Morgan fingerprint density at radius 2 is 1.67 bits per heavy atom. The number of carbonyl (C=O) groups is 1. The number of hydrogen-bond donors (Lipinski definition) is 1. The molecule has 3 aromatic carbocycles. The summed E-state index contributed by atoms with van der Waals surface area (Å²) in [6.45, 7) is 2.99. The Hall–Kier alpha value is -3.11. The van der Waals surface area contributed by atoms with Crippen LogP contribution in [0.4, 0.5) is 0 Å². The van der Waals surface area contributed by atoms with Crippen LogP contribution in [-0.4, -0.2) is 37.0 Å².